The van der Waals surface area contributed by atoms with E-state index >= 15 is 0 Å². The minimum atomic E-state index is -1.26. The van der Waals surface area contributed by atoms with Gasteiger partial charge in [-0.2, -0.15) is 0 Å². The smallest absolute Gasteiger partial charge is 0.337 e. The number of aryl methyl sites for hydroxylation is 3. The van der Waals surface area contributed by atoms with E-state index in [2.05, 4.69) is 69.1 Å². The first-order valence-electron chi connectivity index (χ1n) is 42.6. The molecule has 0 aromatic heterocycles. The SMILES string of the molecule is CC(C)Cc1ccc(O)c(C(=O)Nc2ccc(C(=O)O)cc2F)c1.COC(=O)c1ccc(NC(=O)c2cc(CC(C)C)ccc2O)c(C)c1.COC(=O)c1ccc(NC(=O)c2cc(CC(C)C)ccc2O)c(F)c1.Cc1cc(C(=O)O)ccc1NC(=O)c1cc(CC(C)C)ccc1O.Cc1ccc(O)c(C(=O)Nc2ccc([N+](=O)[O-])cc2Cl)c1.O=C(Nc1ccc([N+](=O)[O-])cc1Cl)c1ccccc1O. The van der Waals surface area contributed by atoms with Gasteiger partial charge in [-0.05, 0) is 261 Å². The molecule has 0 aliphatic carbocycles. The number of aromatic carboxylic acids is 2. The molecule has 6 amide bonds. The van der Waals surface area contributed by atoms with Crippen LogP contribution in [0.5, 0.6) is 34.5 Å². The van der Waals surface area contributed by atoms with Crippen LogP contribution >= 0.6 is 23.2 Å². The number of phenols is 6. The molecular weight excluding hydrogens is 1840 g/mol. The highest BCUT2D eigenvalue weighted by atomic mass is 35.5. The maximum atomic E-state index is 14.1. The van der Waals surface area contributed by atoms with Gasteiger partial charge < -0.3 is 82.2 Å². The molecule has 0 spiro atoms. The van der Waals surface area contributed by atoms with E-state index in [1.165, 1.54) is 117 Å². The predicted octanol–water partition coefficient (Wildman–Crippen LogP) is 22.0. The zero-order valence-corrected chi connectivity index (χ0v) is 79.0. The second kappa shape index (κ2) is 51.2. The Kier molecular flexibility index (Phi) is 40.3. The minimum absolute atomic E-state index is 0.0369. The normalized spacial score (nSPS) is 10.5. The number of nitro groups is 2. The summed E-state index contributed by atoms with van der Waals surface area (Å²) in [6.45, 7) is 21.8. The summed E-state index contributed by atoms with van der Waals surface area (Å²) in [5.41, 5.74) is 8.03. The number of nitro benzene ring substituents is 2. The Hall–Kier alpha value is -16.6. The van der Waals surface area contributed by atoms with Gasteiger partial charge in [0.15, 0.2) is 0 Å². The molecule has 0 saturated heterocycles. The fraction of sp³-hybridized carbons (Fsp3) is 0.204. The maximum Gasteiger partial charge on any atom is 0.337 e. The third kappa shape index (κ3) is 32.9. The number of carbonyl (C=O) groups excluding carboxylic acids is 8. The number of hydrogen-bond acceptors (Lipinski definition) is 22. The molecule has 12 rings (SSSR count). The highest BCUT2D eigenvalue weighted by Crippen LogP contribution is 2.34. The molecule has 0 saturated carbocycles. The maximum absolute atomic E-state index is 14.1. The van der Waals surface area contributed by atoms with E-state index in [0.29, 0.717) is 46.2 Å². The van der Waals surface area contributed by atoms with Crippen LogP contribution in [0, 0.1) is 76.3 Å². The molecule has 0 atom stereocenters. The molecule has 0 unspecified atom stereocenters. The Morgan fingerprint density at radius 1 is 0.324 bits per heavy atom. The van der Waals surface area contributed by atoms with Crippen molar-refractivity contribution in [3.63, 3.8) is 0 Å². The van der Waals surface area contributed by atoms with Crippen LogP contribution in [0.2, 0.25) is 10.0 Å². The fourth-order valence-corrected chi connectivity index (χ4v) is 13.6. The lowest BCUT2D eigenvalue weighted by Crippen LogP contribution is -2.14. The van der Waals surface area contributed by atoms with E-state index in [1.807, 2.05) is 33.8 Å². The molecule has 726 valence electrons. The zero-order chi connectivity index (χ0) is 103. The van der Waals surface area contributed by atoms with Crippen LogP contribution in [0.3, 0.4) is 0 Å². The molecule has 0 fully saturated rings. The first kappa shape index (κ1) is 109. The van der Waals surface area contributed by atoms with Crippen molar-refractivity contribution in [2.75, 3.05) is 46.1 Å². The van der Waals surface area contributed by atoms with Crippen molar-refractivity contribution in [3.05, 3.63) is 361 Å². The van der Waals surface area contributed by atoms with Crippen LogP contribution in [0.15, 0.2) is 224 Å². The van der Waals surface area contributed by atoms with Crippen molar-refractivity contribution in [2.24, 2.45) is 23.7 Å². The number of ether oxygens (including phenoxy) is 2. The third-order valence-corrected chi connectivity index (χ3v) is 20.5. The Morgan fingerprint density at radius 2 is 0.583 bits per heavy atom. The number of anilines is 6. The minimum Gasteiger partial charge on any atom is -0.507 e. The van der Waals surface area contributed by atoms with Crippen molar-refractivity contribution >= 4 is 128 Å². The van der Waals surface area contributed by atoms with Gasteiger partial charge in [-0.25, -0.2) is 28.0 Å². The molecule has 32 nitrogen and oxygen atoms in total. The number of non-ortho nitro benzene ring substituents is 2. The monoisotopic (exact) mass is 1940 g/mol. The quantitative estimate of drug-likeness (QED) is 0.0136. The summed E-state index contributed by atoms with van der Waals surface area (Å²) in [6.07, 6.45) is 3.13. The summed E-state index contributed by atoms with van der Waals surface area (Å²) in [5.74, 6) is -7.42. The zero-order valence-electron chi connectivity index (χ0n) is 77.5. The Balaban J connectivity index is 0.000000227. The number of amides is 6. The molecular formula is C103H102Cl2F2N8O24. The van der Waals surface area contributed by atoms with E-state index in [9.17, 15) is 108 Å². The van der Waals surface area contributed by atoms with Crippen molar-refractivity contribution in [2.45, 2.75) is 102 Å². The highest BCUT2D eigenvalue weighted by molar-refractivity contribution is 6.34. The van der Waals surface area contributed by atoms with Gasteiger partial charge in [0.05, 0.1) is 112 Å². The van der Waals surface area contributed by atoms with Crippen molar-refractivity contribution in [1.82, 2.24) is 0 Å². The van der Waals surface area contributed by atoms with Gasteiger partial charge in [0.25, 0.3) is 46.8 Å². The number of nitrogens with one attached hydrogen (secondary N) is 6. The van der Waals surface area contributed by atoms with Gasteiger partial charge in [0, 0.05) is 35.6 Å². The van der Waals surface area contributed by atoms with Crippen LogP contribution in [0.1, 0.15) is 198 Å². The molecule has 0 heterocycles. The summed E-state index contributed by atoms with van der Waals surface area (Å²) in [6, 6.07) is 53.8. The molecule has 0 aliphatic heterocycles. The second-order valence-electron chi connectivity index (χ2n) is 32.9. The van der Waals surface area contributed by atoms with Crippen LogP contribution in [0.4, 0.5) is 54.3 Å². The molecule has 12 aromatic rings. The average Bonchev–Trinajstić information content (AvgIpc) is 0.807. The lowest BCUT2D eigenvalue weighted by Gasteiger charge is -2.12. The van der Waals surface area contributed by atoms with E-state index < -0.39 is 80.8 Å². The molecule has 0 aliphatic rings. The van der Waals surface area contributed by atoms with Gasteiger partial charge in [-0.3, -0.25) is 49.0 Å². The number of esters is 2. The van der Waals surface area contributed by atoms with Gasteiger partial charge in [0.2, 0.25) is 0 Å². The van der Waals surface area contributed by atoms with Crippen LogP contribution in [-0.2, 0) is 35.2 Å². The molecule has 0 radical (unpaired) electrons. The topological polar surface area (TPSA) is 509 Å². The number of benzene rings is 12. The van der Waals surface area contributed by atoms with Gasteiger partial charge in [0.1, 0.15) is 46.1 Å². The lowest BCUT2D eigenvalue weighted by atomic mass is 10.00. The largest absolute Gasteiger partial charge is 0.507 e. The van der Waals surface area contributed by atoms with Crippen LogP contribution in [-0.4, -0.2) is 124 Å². The fourth-order valence-electron chi connectivity index (χ4n) is 13.1. The molecule has 14 N–H and O–H groups in total. The number of hydrogen-bond donors (Lipinski definition) is 14. The molecule has 139 heavy (non-hydrogen) atoms. The third-order valence-electron chi connectivity index (χ3n) is 19.9. The lowest BCUT2D eigenvalue weighted by molar-refractivity contribution is -0.385. The number of carboxylic acid groups (broad SMARTS) is 2. The average molecular weight is 1940 g/mol. The summed E-state index contributed by atoms with van der Waals surface area (Å²) in [4.78, 5) is 138. The standard InChI is InChI=1S/C20H23NO4.C19H20FNO4.C19H21NO4.C18H18FNO4.C14H11ClN2O4.C13H9ClN2O4/c1-12(2)9-14-5-8-18(22)16(11-14)19(23)21-17-7-6-15(10-13(17)3)20(24)25-4;1-11(2)8-12-4-7-17(22)14(9-12)18(23)21-16-6-5-13(10-15(16)20)19(24)25-3;1-11(2)8-13-4-7-17(21)15(10-13)18(22)20-16-6-5-14(19(23)24)9-12(16)3;1-10(2)7-11-3-6-16(21)13(8-11)17(22)20-15-5-4-12(18(23)24)9-14(15)19;1-8-2-5-13(18)10(6-8)14(19)16-12-4-3-9(17(20)21)7-11(12)15;14-10-7-8(16(19)20)5-6-11(10)15-13(18)9-3-1-2-4-12(9)17/h5-8,10-12,22H,9H2,1-4H3,(H,21,23);4-7,9-11,22H,8H2,1-3H3,(H,21,23);4-7,9-11,21H,8H2,1-3H3,(H,20,22)(H,23,24);3-6,8-10,21H,7H2,1-2H3,(H,20,22)(H,23,24);2-7,18H,1H3,(H,16,19);1-7,17H,(H,15,18). The van der Waals surface area contributed by atoms with Crippen LogP contribution in [0.25, 0.3) is 0 Å². The molecule has 0 bridgehead atoms. The number of carboxylic acids is 2. The number of halogens is 4. The summed E-state index contributed by atoms with van der Waals surface area (Å²) < 4.78 is 37.2. The number of methoxy groups -OCH3 is 2. The number of para-hydroxylation sites is 1. The van der Waals surface area contributed by atoms with Gasteiger partial charge in [-0.1, -0.05) is 127 Å². The van der Waals surface area contributed by atoms with Crippen molar-refractivity contribution < 1.29 is 117 Å². The Bertz CT molecular complexity index is 6340. The number of rotatable bonds is 26. The first-order valence-corrected chi connectivity index (χ1v) is 43.4. The van der Waals surface area contributed by atoms with Crippen LogP contribution < -0.4 is 31.9 Å². The molecule has 36 heteroatoms. The Labute approximate surface area is 807 Å². The number of phenolic OH excluding ortho intramolecular Hbond substituents is 6. The van der Waals surface area contributed by atoms with E-state index in [1.54, 1.807) is 112 Å². The Morgan fingerprint density at radius 3 is 0.885 bits per heavy atom. The predicted molar refractivity (Wildman–Crippen MR) is 523 cm³/mol. The summed E-state index contributed by atoms with van der Waals surface area (Å²) >= 11 is 11.8. The number of carbonyl (C=O) groups is 10. The number of nitrogens with zero attached hydrogens (tertiary/aromatic N) is 2. The second-order valence-corrected chi connectivity index (χ2v) is 33.8. The van der Waals surface area contributed by atoms with Crippen molar-refractivity contribution in [1.29, 1.82) is 0 Å². The van der Waals surface area contributed by atoms with E-state index in [4.69, 9.17) is 33.4 Å². The summed E-state index contributed by atoms with van der Waals surface area (Å²) in [5, 5.41) is 113. The van der Waals surface area contributed by atoms with E-state index in [0.717, 1.165) is 83.3 Å². The first-order chi connectivity index (χ1) is 65.5. The van der Waals surface area contributed by atoms with Gasteiger partial charge >= 0.3 is 23.9 Å². The van der Waals surface area contributed by atoms with Crippen molar-refractivity contribution in [3.8, 4) is 34.5 Å². The van der Waals surface area contributed by atoms with Gasteiger partial charge in [-0.15, -0.1) is 0 Å². The number of aromatic hydroxyl groups is 6. The molecule has 12 aromatic carbocycles. The summed E-state index contributed by atoms with van der Waals surface area (Å²) in [7, 11) is 2.52. The van der Waals surface area contributed by atoms with E-state index in [-0.39, 0.29) is 129 Å². The highest BCUT2D eigenvalue weighted by Gasteiger charge is 2.24.